The second-order valence-electron chi connectivity index (χ2n) is 14.9. The molecule has 0 saturated heterocycles. The van der Waals surface area contributed by atoms with Gasteiger partial charge in [0.05, 0.1) is 0 Å². The molecule has 56 heavy (non-hydrogen) atoms. The van der Waals surface area contributed by atoms with Crippen LogP contribution in [0.3, 0.4) is 0 Å². The van der Waals surface area contributed by atoms with Crippen molar-refractivity contribution in [2.75, 3.05) is 0 Å². The van der Waals surface area contributed by atoms with Crippen molar-refractivity contribution in [3.05, 3.63) is 33.0 Å². The summed E-state index contributed by atoms with van der Waals surface area (Å²) in [4.78, 5) is 48.2. The maximum atomic E-state index is 11.6. The van der Waals surface area contributed by atoms with Crippen molar-refractivity contribution in [1.29, 1.82) is 0 Å². The third-order valence-corrected chi connectivity index (χ3v) is 12.8. The first-order chi connectivity index (χ1) is 27.1. The second kappa shape index (κ2) is 26.1. The van der Waals surface area contributed by atoms with Crippen LogP contribution in [-0.2, 0) is 32.0 Å². The van der Waals surface area contributed by atoms with Gasteiger partial charge in [0.1, 0.15) is 0 Å². The van der Waals surface area contributed by atoms with Gasteiger partial charge in [-0.2, -0.15) is 0 Å². The van der Waals surface area contributed by atoms with E-state index in [-0.39, 0.29) is 12.8 Å². The molecule has 0 unspecified atom stereocenters. The number of rotatable bonds is 28. The molecule has 0 aliphatic carbocycles. The van der Waals surface area contributed by atoms with Crippen LogP contribution in [0.4, 0.5) is 0 Å². The van der Waals surface area contributed by atoms with E-state index in [1.165, 1.54) is 77.0 Å². The minimum Gasteiger partial charge on any atom is -0.481 e. The van der Waals surface area contributed by atoms with E-state index in [1.807, 2.05) is 0 Å². The van der Waals surface area contributed by atoms with Crippen LogP contribution >= 0.6 is 22.7 Å². The van der Waals surface area contributed by atoms with Gasteiger partial charge in [-0.05, 0) is 63.5 Å². The molecule has 3 rings (SSSR count). The number of aliphatic carboxylic acids is 4. The van der Waals surface area contributed by atoms with Gasteiger partial charge in [-0.25, -0.2) is 0 Å². The summed E-state index contributed by atoms with van der Waals surface area (Å²) in [6.07, 6.45) is 23.0. The molecule has 1 aromatic carbocycles. The Morgan fingerprint density at radius 1 is 0.500 bits per heavy atom. The number of hydrogen-bond donors (Lipinski definition) is 4. The predicted molar refractivity (Wildman–Crippen MR) is 229 cm³/mol. The van der Waals surface area contributed by atoms with Crippen molar-refractivity contribution in [2.45, 2.75) is 168 Å². The van der Waals surface area contributed by atoms with E-state index in [0.29, 0.717) is 25.7 Å². The van der Waals surface area contributed by atoms with Crippen molar-refractivity contribution >= 4 is 66.7 Å². The van der Waals surface area contributed by atoms with Gasteiger partial charge >= 0.3 is 23.9 Å². The first-order valence-electron chi connectivity index (χ1n) is 21.0. The fraction of sp³-hybridized carbons (Fsp3) is 0.609. The van der Waals surface area contributed by atoms with Gasteiger partial charge in [0.25, 0.3) is 0 Å². The Kier molecular flexibility index (Phi) is 21.7. The average Bonchev–Trinajstić information content (AvgIpc) is 3.67. The van der Waals surface area contributed by atoms with Gasteiger partial charge in [-0.1, -0.05) is 127 Å². The third kappa shape index (κ3) is 15.6. The fourth-order valence-electron chi connectivity index (χ4n) is 7.05. The number of thiophene rings is 2. The Hall–Kier alpha value is -3.86. The monoisotopic (exact) mass is 806 g/mol. The summed E-state index contributed by atoms with van der Waals surface area (Å²) in [5, 5.41) is 39.7. The summed E-state index contributed by atoms with van der Waals surface area (Å²) < 4.78 is 2.06. The molecule has 0 fully saturated rings. The first kappa shape index (κ1) is 46.5. The van der Waals surface area contributed by atoms with Crippen molar-refractivity contribution in [3.8, 4) is 23.7 Å². The first-order valence-corrected chi connectivity index (χ1v) is 22.6. The molecule has 2 heterocycles. The van der Waals surface area contributed by atoms with Crippen LogP contribution in [0.2, 0.25) is 0 Å². The van der Waals surface area contributed by atoms with Crippen LogP contribution < -0.4 is 0 Å². The molecule has 0 radical (unpaired) electrons. The zero-order valence-electron chi connectivity index (χ0n) is 33.5. The molecule has 10 heteroatoms. The summed E-state index contributed by atoms with van der Waals surface area (Å²) in [6.45, 7) is 4.45. The molecule has 0 spiro atoms. The molecule has 0 saturated carbocycles. The quantitative estimate of drug-likeness (QED) is 0.0322. The Labute approximate surface area is 341 Å². The minimum absolute atomic E-state index is 0.0334. The van der Waals surface area contributed by atoms with Gasteiger partial charge < -0.3 is 20.4 Å². The summed E-state index contributed by atoms with van der Waals surface area (Å²) in [5.74, 6) is 5.53. The largest absolute Gasteiger partial charge is 0.481 e. The third-order valence-electron chi connectivity index (χ3n) is 10.4. The lowest BCUT2D eigenvalue weighted by Gasteiger charge is -2.06. The summed E-state index contributed by atoms with van der Waals surface area (Å²) in [7, 11) is 0. The Balaban J connectivity index is 1.91. The van der Waals surface area contributed by atoms with Crippen LogP contribution in [0.1, 0.15) is 176 Å². The van der Waals surface area contributed by atoms with Crippen molar-refractivity contribution in [2.24, 2.45) is 11.8 Å². The fourth-order valence-corrected chi connectivity index (χ4v) is 9.49. The van der Waals surface area contributed by atoms with E-state index in [9.17, 15) is 39.6 Å². The molecule has 0 aliphatic rings. The van der Waals surface area contributed by atoms with Crippen LogP contribution in [0, 0.1) is 35.5 Å². The van der Waals surface area contributed by atoms with Gasteiger partial charge in [-0.15, -0.1) is 22.7 Å². The highest BCUT2D eigenvalue weighted by Crippen LogP contribution is 2.40. The van der Waals surface area contributed by atoms with Gasteiger partial charge in [0.15, 0.2) is 11.8 Å². The maximum Gasteiger partial charge on any atom is 0.317 e. The zero-order chi connectivity index (χ0) is 40.7. The lowest BCUT2D eigenvalue weighted by atomic mass is 9.99. The molecular formula is C46H62O8S2. The maximum absolute atomic E-state index is 11.6. The number of fused-ring (bicyclic) bond motifs is 2. The number of hydrogen-bond acceptors (Lipinski definition) is 6. The molecule has 0 amide bonds. The standard InChI is InChI=1S/C46H62O8S2/c1-3-5-7-9-11-13-15-17-19-21-25-33-37-31-42-38(32-41(37)55-39(33)29-23-27-35(43(47)48)44(49)50)34(26-22-20-18-16-14-12-10-8-6-4-2)40(56-42)30-24-28-36(45(51)52)46(53)54/h31-32,35-36H,3-20,23-24,27-30H2,1-2H3,(H,47,48)(H,49,50)(H,51,52)(H,53,54). The molecule has 306 valence electrons. The summed E-state index contributed by atoms with van der Waals surface area (Å²) >= 11 is 3.21. The number of benzene rings is 1. The summed E-state index contributed by atoms with van der Waals surface area (Å²) in [5.41, 5.74) is 1.83. The number of carboxylic acid groups (broad SMARTS) is 4. The predicted octanol–water partition coefficient (Wildman–Crippen LogP) is 12.1. The number of carbonyl (C=O) groups is 4. The highest BCUT2D eigenvalue weighted by atomic mass is 32.1. The molecule has 0 bridgehead atoms. The topological polar surface area (TPSA) is 149 Å². The number of aryl methyl sites for hydroxylation is 2. The van der Waals surface area contributed by atoms with Crippen LogP contribution in [0.5, 0.6) is 0 Å². The van der Waals surface area contributed by atoms with Crippen molar-refractivity contribution < 1.29 is 39.6 Å². The molecule has 2 aromatic heterocycles. The smallest absolute Gasteiger partial charge is 0.317 e. The highest BCUT2D eigenvalue weighted by Gasteiger charge is 2.27. The molecule has 3 aromatic rings. The SMILES string of the molecule is CCCCCCCCCCC#Cc1c(CCCC(C(=O)O)C(=O)O)sc2cc3c(C#CCCCCCCCCCC)c(CCCC(C(=O)O)C(=O)O)sc3cc12. The van der Waals surface area contributed by atoms with Gasteiger partial charge in [0, 0.05) is 53.9 Å². The highest BCUT2D eigenvalue weighted by molar-refractivity contribution is 7.21. The average molecular weight is 807 g/mol. The number of unbranched alkanes of at least 4 members (excludes halogenated alkanes) is 16. The van der Waals surface area contributed by atoms with E-state index in [1.54, 1.807) is 22.7 Å². The Morgan fingerprint density at radius 3 is 1.14 bits per heavy atom. The molecular weight excluding hydrogens is 745 g/mol. The lowest BCUT2D eigenvalue weighted by molar-refractivity contribution is -0.156. The van der Waals surface area contributed by atoms with E-state index >= 15 is 0 Å². The second-order valence-corrected chi connectivity index (χ2v) is 17.2. The summed E-state index contributed by atoms with van der Waals surface area (Å²) in [6, 6.07) is 4.30. The van der Waals surface area contributed by atoms with E-state index in [2.05, 4.69) is 49.7 Å². The molecule has 4 N–H and O–H groups in total. The van der Waals surface area contributed by atoms with Crippen LogP contribution in [-0.4, -0.2) is 44.3 Å². The minimum atomic E-state index is -1.45. The van der Waals surface area contributed by atoms with Gasteiger partial charge in [-0.3, -0.25) is 19.2 Å². The zero-order valence-corrected chi connectivity index (χ0v) is 35.2. The van der Waals surface area contributed by atoms with Crippen molar-refractivity contribution in [3.63, 3.8) is 0 Å². The molecule has 8 nitrogen and oxygen atoms in total. The van der Waals surface area contributed by atoms with E-state index in [0.717, 1.165) is 79.6 Å². The van der Waals surface area contributed by atoms with Crippen LogP contribution in [0.15, 0.2) is 12.1 Å². The molecule has 0 atom stereocenters. The lowest BCUT2D eigenvalue weighted by Crippen LogP contribution is -2.23. The van der Waals surface area contributed by atoms with E-state index < -0.39 is 35.7 Å². The molecule has 0 aliphatic heterocycles. The number of carboxylic acids is 4. The van der Waals surface area contributed by atoms with Gasteiger partial charge in [0.2, 0.25) is 0 Å². The Morgan fingerprint density at radius 2 is 0.821 bits per heavy atom. The Bertz CT molecular complexity index is 1680. The van der Waals surface area contributed by atoms with Crippen LogP contribution in [0.25, 0.3) is 20.2 Å². The van der Waals surface area contributed by atoms with E-state index in [4.69, 9.17) is 0 Å². The van der Waals surface area contributed by atoms with Crippen molar-refractivity contribution in [1.82, 2.24) is 0 Å². The normalized spacial score (nSPS) is 11.2.